The number of nitrogens with zero attached hydrogens (tertiary/aromatic N) is 2. The maximum absolute atomic E-state index is 12.8. The van der Waals surface area contributed by atoms with Crippen LogP contribution >= 0.6 is 0 Å². The summed E-state index contributed by atoms with van der Waals surface area (Å²) in [6, 6.07) is 13.7. The Hall–Kier alpha value is -2.22. The normalized spacial score (nSPS) is 11.8. The molecule has 0 aromatic heterocycles. The Bertz CT molecular complexity index is 894. The Morgan fingerprint density at radius 1 is 1.04 bits per heavy atom. The van der Waals surface area contributed by atoms with Crippen molar-refractivity contribution in [2.45, 2.75) is 24.7 Å². The molecular formula is C19H24N2O4S. The third-order valence-electron chi connectivity index (χ3n) is 4.20. The zero-order valence-electron chi connectivity index (χ0n) is 15.6. The minimum atomic E-state index is -3.81. The molecule has 0 heterocycles. The molecule has 0 bridgehead atoms. The molecule has 0 unspecified atom stereocenters. The zero-order valence-corrected chi connectivity index (χ0v) is 16.4. The van der Waals surface area contributed by atoms with Gasteiger partial charge >= 0.3 is 0 Å². The molecule has 0 aliphatic heterocycles. The van der Waals surface area contributed by atoms with Gasteiger partial charge < -0.3 is 4.90 Å². The number of amides is 1. The minimum absolute atomic E-state index is 0.00275. The van der Waals surface area contributed by atoms with Crippen LogP contribution in [0.25, 0.3) is 0 Å². The van der Waals surface area contributed by atoms with E-state index in [9.17, 15) is 13.2 Å². The van der Waals surface area contributed by atoms with E-state index in [0.29, 0.717) is 5.92 Å². The van der Waals surface area contributed by atoms with Crippen molar-refractivity contribution in [2.24, 2.45) is 0 Å². The van der Waals surface area contributed by atoms with Gasteiger partial charge in [-0.1, -0.05) is 36.5 Å². The van der Waals surface area contributed by atoms with Crippen LogP contribution in [0.2, 0.25) is 0 Å². The highest BCUT2D eigenvalue weighted by atomic mass is 32.2. The summed E-state index contributed by atoms with van der Waals surface area (Å²) in [7, 11) is 0.423. The fourth-order valence-electron chi connectivity index (χ4n) is 2.44. The molecule has 140 valence electrons. The van der Waals surface area contributed by atoms with Crippen LogP contribution in [0.15, 0.2) is 53.4 Å². The molecule has 2 aromatic rings. The molecule has 0 saturated heterocycles. The average Bonchev–Trinajstić information content (AvgIpc) is 2.66. The van der Waals surface area contributed by atoms with Crippen LogP contribution in [0.5, 0.6) is 0 Å². The zero-order chi connectivity index (χ0) is 19.5. The Morgan fingerprint density at radius 2 is 1.69 bits per heavy atom. The number of carbonyl (C=O) groups is 1. The average molecular weight is 376 g/mol. The number of hydrogen-bond donors (Lipinski definition) is 0. The quantitative estimate of drug-likeness (QED) is 0.726. The van der Waals surface area contributed by atoms with Gasteiger partial charge in [-0.2, -0.15) is 0 Å². The van der Waals surface area contributed by atoms with Crippen LogP contribution in [0.3, 0.4) is 0 Å². The molecule has 0 radical (unpaired) electrons. The van der Waals surface area contributed by atoms with Gasteiger partial charge in [-0.15, -0.1) is 0 Å². The number of hydroxylamine groups is 1. The molecule has 2 rings (SSSR count). The largest absolute Gasteiger partial charge is 0.311 e. The van der Waals surface area contributed by atoms with E-state index >= 15 is 0 Å². The standard InChI is InChI=1S/C19H24N2O4S/c1-14(2)15-8-6-10-17(12-15)20(3)19(22)16-9-7-11-18(13-16)26(23,24)21(4)25-5/h6-14H,1-5H3. The maximum atomic E-state index is 12.8. The maximum Gasteiger partial charge on any atom is 0.264 e. The van der Waals surface area contributed by atoms with E-state index in [2.05, 4.69) is 13.8 Å². The topological polar surface area (TPSA) is 66.9 Å². The predicted molar refractivity (Wildman–Crippen MR) is 102 cm³/mol. The number of rotatable bonds is 6. The third kappa shape index (κ3) is 4.12. The first-order valence-electron chi connectivity index (χ1n) is 8.19. The van der Waals surface area contributed by atoms with Crippen LogP contribution in [0, 0.1) is 0 Å². The Balaban J connectivity index is 2.36. The molecule has 0 aliphatic carbocycles. The van der Waals surface area contributed by atoms with E-state index in [1.54, 1.807) is 19.2 Å². The molecule has 26 heavy (non-hydrogen) atoms. The van der Waals surface area contributed by atoms with Gasteiger partial charge in [0.2, 0.25) is 0 Å². The van der Waals surface area contributed by atoms with Gasteiger partial charge in [0, 0.05) is 25.3 Å². The van der Waals surface area contributed by atoms with Gasteiger partial charge in [-0.05, 0) is 41.8 Å². The second-order valence-corrected chi connectivity index (χ2v) is 8.17. The van der Waals surface area contributed by atoms with Crippen molar-refractivity contribution >= 4 is 21.6 Å². The lowest BCUT2D eigenvalue weighted by molar-refractivity contribution is -0.0258. The van der Waals surface area contributed by atoms with Crippen molar-refractivity contribution in [2.75, 3.05) is 26.1 Å². The highest BCUT2D eigenvalue weighted by Gasteiger charge is 2.23. The van der Waals surface area contributed by atoms with Gasteiger partial charge in [-0.25, -0.2) is 8.42 Å². The van der Waals surface area contributed by atoms with Gasteiger partial charge in [0.05, 0.1) is 12.0 Å². The highest BCUT2D eigenvalue weighted by molar-refractivity contribution is 7.89. The summed E-state index contributed by atoms with van der Waals surface area (Å²) in [6.45, 7) is 4.17. The number of hydrogen-bond acceptors (Lipinski definition) is 4. The lowest BCUT2D eigenvalue weighted by Gasteiger charge is -2.20. The first kappa shape index (κ1) is 20.1. The van der Waals surface area contributed by atoms with E-state index in [1.807, 2.05) is 24.3 Å². The number of benzene rings is 2. The Kier molecular flexibility index (Phi) is 6.17. The van der Waals surface area contributed by atoms with E-state index in [0.717, 1.165) is 15.7 Å². The molecule has 0 spiro atoms. The molecule has 0 saturated carbocycles. The summed E-state index contributed by atoms with van der Waals surface area (Å²) in [4.78, 5) is 19.1. The van der Waals surface area contributed by atoms with Crippen molar-refractivity contribution in [3.8, 4) is 0 Å². The van der Waals surface area contributed by atoms with Crippen molar-refractivity contribution in [1.29, 1.82) is 0 Å². The summed E-state index contributed by atoms with van der Waals surface area (Å²) in [5.74, 6) is 0.0551. The summed E-state index contributed by atoms with van der Waals surface area (Å²) in [5.41, 5.74) is 2.16. The van der Waals surface area contributed by atoms with E-state index in [-0.39, 0.29) is 16.4 Å². The summed E-state index contributed by atoms with van der Waals surface area (Å²) < 4.78 is 25.5. The Morgan fingerprint density at radius 3 is 2.31 bits per heavy atom. The molecule has 6 nitrogen and oxygen atoms in total. The van der Waals surface area contributed by atoms with E-state index in [1.165, 1.54) is 31.2 Å². The van der Waals surface area contributed by atoms with Crippen molar-refractivity contribution < 1.29 is 18.0 Å². The van der Waals surface area contributed by atoms with Gasteiger partial charge in [0.15, 0.2) is 0 Å². The van der Waals surface area contributed by atoms with E-state index in [4.69, 9.17) is 4.84 Å². The fraction of sp³-hybridized carbons (Fsp3) is 0.316. The van der Waals surface area contributed by atoms with Crippen molar-refractivity contribution in [1.82, 2.24) is 4.47 Å². The summed E-state index contributed by atoms with van der Waals surface area (Å²) in [6.07, 6.45) is 0. The number of carbonyl (C=O) groups excluding carboxylic acids is 1. The van der Waals surface area contributed by atoms with Gasteiger partial charge in [0.1, 0.15) is 0 Å². The molecule has 2 aromatic carbocycles. The number of sulfonamides is 1. The minimum Gasteiger partial charge on any atom is -0.311 e. The summed E-state index contributed by atoms with van der Waals surface area (Å²) >= 11 is 0. The van der Waals surface area contributed by atoms with Crippen LogP contribution in [-0.2, 0) is 14.9 Å². The molecular weight excluding hydrogens is 352 g/mol. The predicted octanol–water partition coefficient (Wildman–Crippen LogP) is 3.27. The first-order chi connectivity index (χ1) is 12.2. The third-order valence-corrected chi connectivity index (χ3v) is 5.88. The van der Waals surface area contributed by atoms with Crippen LogP contribution < -0.4 is 4.90 Å². The smallest absolute Gasteiger partial charge is 0.264 e. The lowest BCUT2D eigenvalue weighted by Crippen LogP contribution is -2.28. The second-order valence-electron chi connectivity index (χ2n) is 6.24. The molecule has 0 aliphatic rings. The molecule has 0 fully saturated rings. The SMILES string of the molecule is CON(C)S(=O)(=O)c1cccc(C(=O)N(C)c2cccc(C(C)C)c2)c1. The highest BCUT2D eigenvalue weighted by Crippen LogP contribution is 2.23. The molecule has 7 heteroatoms. The van der Waals surface area contributed by atoms with Crippen LogP contribution in [-0.4, -0.2) is 40.0 Å². The first-order valence-corrected chi connectivity index (χ1v) is 9.63. The van der Waals surface area contributed by atoms with Crippen molar-refractivity contribution in [3.63, 3.8) is 0 Å². The second kappa shape index (κ2) is 7.99. The van der Waals surface area contributed by atoms with Crippen LogP contribution in [0.1, 0.15) is 35.7 Å². The molecule has 0 N–H and O–H groups in total. The fourth-order valence-corrected chi connectivity index (χ4v) is 3.46. The van der Waals surface area contributed by atoms with Crippen molar-refractivity contribution in [3.05, 3.63) is 59.7 Å². The number of anilines is 1. The monoisotopic (exact) mass is 376 g/mol. The lowest BCUT2D eigenvalue weighted by atomic mass is 10.0. The molecule has 1 amide bonds. The van der Waals surface area contributed by atoms with Gasteiger partial charge in [-0.3, -0.25) is 9.63 Å². The van der Waals surface area contributed by atoms with Crippen LogP contribution in [0.4, 0.5) is 5.69 Å². The Labute approximate surface area is 155 Å². The summed E-state index contributed by atoms with van der Waals surface area (Å²) in [5, 5.41) is 0. The molecule has 0 atom stereocenters. The van der Waals surface area contributed by atoms with Gasteiger partial charge in [0.25, 0.3) is 15.9 Å². The van der Waals surface area contributed by atoms with E-state index < -0.39 is 10.0 Å².